The standard InChI is InChI=1S/C10H14ClN3S/c1-2-3-6-15-10-8(11)7(9(12)13)4-5-14-10/h4-5H,2-3,6H2,1H3,(H3,12,13). The van der Waals surface area contributed by atoms with Crippen molar-refractivity contribution in [2.75, 3.05) is 5.75 Å². The van der Waals surface area contributed by atoms with E-state index in [-0.39, 0.29) is 5.84 Å². The van der Waals surface area contributed by atoms with Gasteiger partial charge >= 0.3 is 0 Å². The maximum absolute atomic E-state index is 7.34. The van der Waals surface area contributed by atoms with Crippen LogP contribution in [0, 0.1) is 5.41 Å². The van der Waals surface area contributed by atoms with Gasteiger partial charge in [0.1, 0.15) is 10.9 Å². The van der Waals surface area contributed by atoms with Crippen LogP contribution >= 0.6 is 23.4 Å². The molecule has 0 saturated heterocycles. The zero-order chi connectivity index (χ0) is 11.3. The molecule has 1 rings (SSSR count). The van der Waals surface area contributed by atoms with Crippen LogP contribution in [0.1, 0.15) is 25.3 Å². The van der Waals surface area contributed by atoms with Gasteiger partial charge in [-0.3, -0.25) is 5.41 Å². The number of halogens is 1. The number of nitrogen functional groups attached to an aromatic ring is 1. The van der Waals surface area contributed by atoms with E-state index in [2.05, 4.69) is 11.9 Å². The van der Waals surface area contributed by atoms with E-state index in [9.17, 15) is 0 Å². The molecular formula is C10H14ClN3S. The van der Waals surface area contributed by atoms with Crippen LogP contribution in [0.15, 0.2) is 17.3 Å². The van der Waals surface area contributed by atoms with E-state index in [0.29, 0.717) is 10.6 Å². The molecule has 3 N–H and O–H groups in total. The average molecular weight is 244 g/mol. The molecule has 0 aromatic carbocycles. The lowest BCUT2D eigenvalue weighted by atomic mass is 10.2. The van der Waals surface area contributed by atoms with Crippen molar-refractivity contribution < 1.29 is 0 Å². The molecule has 0 saturated carbocycles. The highest BCUT2D eigenvalue weighted by Crippen LogP contribution is 2.28. The van der Waals surface area contributed by atoms with E-state index in [1.807, 2.05) is 0 Å². The number of aromatic nitrogens is 1. The molecule has 0 aliphatic rings. The number of thioether (sulfide) groups is 1. The Balaban J connectivity index is 2.80. The monoisotopic (exact) mass is 243 g/mol. The molecule has 0 fully saturated rings. The lowest BCUT2D eigenvalue weighted by Crippen LogP contribution is -2.12. The van der Waals surface area contributed by atoms with E-state index >= 15 is 0 Å². The largest absolute Gasteiger partial charge is 0.384 e. The molecule has 0 spiro atoms. The maximum Gasteiger partial charge on any atom is 0.124 e. The van der Waals surface area contributed by atoms with Crippen molar-refractivity contribution >= 4 is 29.2 Å². The summed E-state index contributed by atoms with van der Waals surface area (Å²) in [6.07, 6.45) is 3.92. The highest BCUT2D eigenvalue weighted by molar-refractivity contribution is 7.99. The zero-order valence-corrected chi connectivity index (χ0v) is 10.2. The number of hydrogen-bond donors (Lipinski definition) is 2. The Hall–Kier alpha value is -0.740. The number of amidine groups is 1. The molecule has 5 heteroatoms. The summed E-state index contributed by atoms with van der Waals surface area (Å²) < 4.78 is 0. The Morgan fingerprint density at radius 2 is 2.40 bits per heavy atom. The van der Waals surface area contributed by atoms with Crippen LogP contribution in [0.2, 0.25) is 5.02 Å². The molecule has 0 aliphatic heterocycles. The maximum atomic E-state index is 7.34. The van der Waals surface area contributed by atoms with E-state index in [1.165, 1.54) is 0 Å². The first-order valence-electron chi connectivity index (χ1n) is 4.78. The topological polar surface area (TPSA) is 62.8 Å². The van der Waals surface area contributed by atoms with Gasteiger partial charge in [-0.25, -0.2) is 4.98 Å². The van der Waals surface area contributed by atoms with Crippen LogP contribution in [0.4, 0.5) is 0 Å². The summed E-state index contributed by atoms with van der Waals surface area (Å²) in [5.74, 6) is 0.977. The first-order valence-corrected chi connectivity index (χ1v) is 6.14. The molecule has 0 radical (unpaired) electrons. The smallest absolute Gasteiger partial charge is 0.124 e. The van der Waals surface area contributed by atoms with E-state index in [0.717, 1.165) is 23.6 Å². The molecule has 1 heterocycles. The number of pyridine rings is 1. The minimum Gasteiger partial charge on any atom is -0.384 e. The first-order chi connectivity index (χ1) is 7.16. The molecule has 0 bridgehead atoms. The second-order valence-electron chi connectivity index (χ2n) is 3.09. The van der Waals surface area contributed by atoms with Gasteiger partial charge in [0.15, 0.2) is 0 Å². The minimum absolute atomic E-state index is 0.0141. The van der Waals surface area contributed by atoms with Gasteiger partial charge in [0.2, 0.25) is 0 Å². The highest BCUT2D eigenvalue weighted by Gasteiger charge is 2.09. The quantitative estimate of drug-likeness (QED) is 0.362. The van der Waals surface area contributed by atoms with Crippen LogP contribution in [-0.2, 0) is 0 Å². The molecule has 0 amide bonds. The fraction of sp³-hybridized carbons (Fsp3) is 0.400. The Labute approximate surface area is 98.9 Å². The van der Waals surface area contributed by atoms with Crippen molar-refractivity contribution in [3.05, 3.63) is 22.8 Å². The first kappa shape index (κ1) is 12.3. The van der Waals surface area contributed by atoms with Crippen LogP contribution in [-0.4, -0.2) is 16.6 Å². The number of nitrogens with zero attached hydrogens (tertiary/aromatic N) is 1. The fourth-order valence-electron chi connectivity index (χ4n) is 1.05. The van der Waals surface area contributed by atoms with Crippen molar-refractivity contribution in [2.24, 2.45) is 5.73 Å². The zero-order valence-electron chi connectivity index (χ0n) is 8.59. The van der Waals surface area contributed by atoms with Gasteiger partial charge < -0.3 is 5.73 Å². The van der Waals surface area contributed by atoms with Crippen molar-refractivity contribution in [1.82, 2.24) is 4.98 Å². The second-order valence-corrected chi connectivity index (χ2v) is 4.55. The number of nitrogens with two attached hydrogens (primary N) is 1. The predicted molar refractivity (Wildman–Crippen MR) is 65.9 cm³/mol. The van der Waals surface area contributed by atoms with E-state index in [4.69, 9.17) is 22.7 Å². The number of rotatable bonds is 5. The lowest BCUT2D eigenvalue weighted by molar-refractivity contribution is 0.894. The second kappa shape index (κ2) is 5.98. The molecule has 1 aromatic rings. The third-order valence-electron chi connectivity index (χ3n) is 1.88. The van der Waals surface area contributed by atoms with Gasteiger partial charge in [0, 0.05) is 11.8 Å². The molecule has 0 aliphatic carbocycles. The molecule has 0 unspecified atom stereocenters. The van der Waals surface area contributed by atoms with Crippen LogP contribution < -0.4 is 5.73 Å². The molecule has 0 atom stereocenters. The Morgan fingerprint density at radius 3 is 3.00 bits per heavy atom. The van der Waals surface area contributed by atoms with Gasteiger partial charge in [-0.05, 0) is 18.2 Å². The Kier molecular flexibility index (Phi) is 4.91. The molecule has 82 valence electrons. The van der Waals surface area contributed by atoms with Crippen LogP contribution in [0.25, 0.3) is 0 Å². The summed E-state index contributed by atoms with van der Waals surface area (Å²) in [4.78, 5) is 4.17. The number of hydrogen-bond acceptors (Lipinski definition) is 3. The van der Waals surface area contributed by atoms with Crippen LogP contribution in [0.3, 0.4) is 0 Å². The van der Waals surface area contributed by atoms with Gasteiger partial charge in [0.05, 0.1) is 5.02 Å². The van der Waals surface area contributed by atoms with Gasteiger partial charge in [0.25, 0.3) is 0 Å². The third kappa shape index (κ3) is 3.39. The molecular weight excluding hydrogens is 230 g/mol. The van der Waals surface area contributed by atoms with E-state index in [1.54, 1.807) is 24.0 Å². The summed E-state index contributed by atoms with van der Waals surface area (Å²) in [5, 5.41) is 8.60. The summed E-state index contributed by atoms with van der Waals surface area (Å²) in [7, 11) is 0. The van der Waals surface area contributed by atoms with Gasteiger partial charge in [-0.15, -0.1) is 11.8 Å². The molecule has 15 heavy (non-hydrogen) atoms. The number of unbranched alkanes of at least 4 members (excludes halogenated alkanes) is 1. The Morgan fingerprint density at radius 1 is 1.67 bits per heavy atom. The summed E-state index contributed by atoms with van der Waals surface area (Å²) >= 11 is 7.69. The SMILES string of the molecule is CCCCSc1nccc(C(=N)N)c1Cl. The van der Waals surface area contributed by atoms with Crippen molar-refractivity contribution in [3.8, 4) is 0 Å². The van der Waals surface area contributed by atoms with Gasteiger partial charge in [-0.1, -0.05) is 24.9 Å². The average Bonchev–Trinajstić information content (AvgIpc) is 2.20. The predicted octanol–water partition coefficient (Wildman–Crippen LogP) is 2.91. The highest BCUT2D eigenvalue weighted by atomic mass is 35.5. The normalized spacial score (nSPS) is 10.3. The molecule has 3 nitrogen and oxygen atoms in total. The van der Waals surface area contributed by atoms with Crippen LogP contribution in [0.5, 0.6) is 0 Å². The minimum atomic E-state index is -0.0141. The summed E-state index contributed by atoms with van der Waals surface area (Å²) in [6, 6.07) is 1.66. The van der Waals surface area contributed by atoms with Crippen molar-refractivity contribution in [1.29, 1.82) is 5.41 Å². The Bertz CT molecular complexity index is 355. The van der Waals surface area contributed by atoms with E-state index < -0.39 is 0 Å². The van der Waals surface area contributed by atoms with Crippen molar-refractivity contribution in [2.45, 2.75) is 24.8 Å². The van der Waals surface area contributed by atoms with Crippen molar-refractivity contribution in [3.63, 3.8) is 0 Å². The fourth-order valence-corrected chi connectivity index (χ4v) is 2.42. The summed E-state index contributed by atoms with van der Waals surface area (Å²) in [6.45, 7) is 2.14. The molecule has 1 aromatic heterocycles. The summed E-state index contributed by atoms with van der Waals surface area (Å²) in [5.41, 5.74) is 5.96. The third-order valence-corrected chi connectivity index (χ3v) is 3.45. The lowest BCUT2D eigenvalue weighted by Gasteiger charge is -2.06. The number of nitrogens with one attached hydrogen (secondary N) is 1. The van der Waals surface area contributed by atoms with Gasteiger partial charge in [-0.2, -0.15) is 0 Å².